The van der Waals surface area contributed by atoms with Crippen molar-refractivity contribution in [3.05, 3.63) is 84.2 Å². The van der Waals surface area contributed by atoms with Crippen LogP contribution in [0, 0.1) is 12.8 Å². The van der Waals surface area contributed by atoms with Gasteiger partial charge in [-0.15, -0.1) is 0 Å². The lowest BCUT2D eigenvalue weighted by Crippen LogP contribution is -2.38. The summed E-state index contributed by atoms with van der Waals surface area (Å²) in [6.07, 6.45) is 7.77. The fraction of sp³-hybridized carbons (Fsp3) is 0.310. The molecule has 0 aliphatic heterocycles. The number of thiazole rings is 1. The SMILES string of the molecule is Cc1ccnc(Nc2cccc(-c3cnc(N(Cc4ccccc4)[C@H]4CC[C@H](CC(=O)O)CC4)s3)n2)c1. The molecule has 4 aromatic rings. The van der Waals surface area contributed by atoms with Crippen molar-refractivity contribution < 1.29 is 9.90 Å². The zero-order valence-corrected chi connectivity index (χ0v) is 21.7. The maximum atomic E-state index is 11.2. The number of aryl methyl sites for hydroxylation is 1. The molecule has 1 fully saturated rings. The van der Waals surface area contributed by atoms with Gasteiger partial charge in [-0.2, -0.15) is 0 Å². The van der Waals surface area contributed by atoms with Crippen molar-refractivity contribution in [1.82, 2.24) is 15.0 Å². The first kappa shape index (κ1) is 24.9. The predicted octanol–water partition coefficient (Wildman–Crippen LogP) is 6.69. The van der Waals surface area contributed by atoms with E-state index in [0.717, 1.165) is 65.1 Å². The molecule has 3 aromatic heterocycles. The highest BCUT2D eigenvalue weighted by Crippen LogP contribution is 2.37. The topological polar surface area (TPSA) is 91.2 Å². The summed E-state index contributed by atoms with van der Waals surface area (Å²) in [6, 6.07) is 20.7. The van der Waals surface area contributed by atoms with Crippen LogP contribution in [0.2, 0.25) is 0 Å². The van der Waals surface area contributed by atoms with E-state index in [1.54, 1.807) is 17.5 Å². The Morgan fingerprint density at radius 3 is 2.59 bits per heavy atom. The van der Waals surface area contributed by atoms with Gasteiger partial charge in [0.15, 0.2) is 5.13 Å². The van der Waals surface area contributed by atoms with E-state index < -0.39 is 5.97 Å². The van der Waals surface area contributed by atoms with E-state index in [1.807, 2.05) is 49.5 Å². The third-order valence-corrected chi connectivity index (χ3v) is 7.89. The Kier molecular flexibility index (Phi) is 7.75. The molecule has 5 rings (SSSR count). The van der Waals surface area contributed by atoms with Crippen LogP contribution < -0.4 is 10.2 Å². The van der Waals surface area contributed by atoms with Crippen molar-refractivity contribution in [1.29, 1.82) is 0 Å². The fourth-order valence-electron chi connectivity index (χ4n) is 4.93. The molecule has 0 amide bonds. The number of rotatable bonds is 9. The van der Waals surface area contributed by atoms with E-state index in [-0.39, 0.29) is 12.3 Å². The van der Waals surface area contributed by atoms with Crippen LogP contribution in [0.5, 0.6) is 0 Å². The maximum Gasteiger partial charge on any atom is 0.303 e. The molecular formula is C29H31N5O2S. The Bertz CT molecular complexity index is 1330. The molecule has 1 aromatic carbocycles. The highest BCUT2D eigenvalue weighted by molar-refractivity contribution is 7.18. The Labute approximate surface area is 221 Å². The van der Waals surface area contributed by atoms with Crippen LogP contribution in [0.4, 0.5) is 16.8 Å². The quantitative estimate of drug-likeness (QED) is 0.257. The van der Waals surface area contributed by atoms with Gasteiger partial charge in [-0.05, 0) is 73.9 Å². The van der Waals surface area contributed by atoms with E-state index in [1.165, 1.54) is 5.56 Å². The number of carboxylic acid groups (broad SMARTS) is 1. The zero-order valence-electron chi connectivity index (χ0n) is 20.9. The second kappa shape index (κ2) is 11.5. The van der Waals surface area contributed by atoms with Crippen LogP contribution in [0.15, 0.2) is 73.1 Å². The molecule has 1 aliphatic carbocycles. The first-order valence-electron chi connectivity index (χ1n) is 12.7. The summed E-state index contributed by atoms with van der Waals surface area (Å²) in [7, 11) is 0. The van der Waals surface area contributed by atoms with Crippen LogP contribution in [-0.4, -0.2) is 32.1 Å². The molecule has 1 saturated carbocycles. The smallest absolute Gasteiger partial charge is 0.303 e. The van der Waals surface area contributed by atoms with Gasteiger partial charge in [-0.1, -0.05) is 47.7 Å². The van der Waals surface area contributed by atoms with E-state index in [0.29, 0.717) is 6.04 Å². The molecule has 190 valence electrons. The highest BCUT2D eigenvalue weighted by Gasteiger charge is 2.29. The van der Waals surface area contributed by atoms with Crippen LogP contribution in [0.25, 0.3) is 10.6 Å². The molecule has 8 heteroatoms. The van der Waals surface area contributed by atoms with Crippen LogP contribution in [0.3, 0.4) is 0 Å². The summed E-state index contributed by atoms with van der Waals surface area (Å²) in [5.74, 6) is 1.07. The summed E-state index contributed by atoms with van der Waals surface area (Å²) in [4.78, 5) is 28.6. The Morgan fingerprint density at radius 1 is 1.03 bits per heavy atom. The van der Waals surface area contributed by atoms with Gasteiger partial charge in [0.05, 0.1) is 10.6 Å². The van der Waals surface area contributed by atoms with Crippen LogP contribution in [0.1, 0.15) is 43.2 Å². The molecule has 0 unspecified atom stereocenters. The lowest BCUT2D eigenvalue weighted by molar-refractivity contribution is -0.138. The largest absolute Gasteiger partial charge is 0.481 e. The second-order valence-corrected chi connectivity index (χ2v) is 10.7. The molecule has 7 nitrogen and oxygen atoms in total. The third-order valence-electron chi connectivity index (χ3n) is 6.83. The molecule has 1 aliphatic rings. The average Bonchev–Trinajstić information content (AvgIpc) is 3.39. The summed E-state index contributed by atoms with van der Waals surface area (Å²) >= 11 is 1.65. The number of benzene rings is 1. The number of carbonyl (C=O) groups is 1. The average molecular weight is 514 g/mol. The van der Waals surface area contributed by atoms with Crippen LogP contribution in [-0.2, 0) is 11.3 Å². The maximum absolute atomic E-state index is 11.2. The monoisotopic (exact) mass is 513 g/mol. The lowest BCUT2D eigenvalue weighted by atomic mass is 9.83. The highest BCUT2D eigenvalue weighted by atomic mass is 32.1. The standard InChI is InChI=1S/C29H31N5O2S/c1-20-14-15-30-27(16-20)33-26-9-5-8-24(32-26)25-18-31-29(37-25)34(19-22-6-3-2-4-7-22)23-12-10-21(11-13-23)17-28(35)36/h2-9,14-16,18,21,23H,10-13,17,19H2,1H3,(H,35,36)(H,30,32,33)/t21-,23-. The molecule has 2 N–H and O–H groups in total. The van der Waals surface area contributed by atoms with Crippen molar-refractivity contribution in [3.63, 3.8) is 0 Å². The summed E-state index contributed by atoms with van der Waals surface area (Å²) < 4.78 is 0. The van der Waals surface area contributed by atoms with Gasteiger partial charge >= 0.3 is 5.97 Å². The van der Waals surface area contributed by atoms with Gasteiger partial charge in [0.1, 0.15) is 11.6 Å². The second-order valence-electron chi connectivity index (χ2n) is 9.64. The molecular weight excluding hydrogens is 482 g/mol. The van der Waals surface area contributed by atoms with Crippen molar-refractivity contribution in [2.45, 2.75) is 51.6 Å². The third kappa shape index (κ3) is 6.51. The minimum Gasteiger partial charge on any atom is -0.481 e. The lowest BCUT2D eigenvalue weighted by Gasteiger charge is -2.36. The van der Waals surface area contributed by atoms with Gasteiger partial charge in [-0.3, -0.25) is 4.79 Å². The van der Waals surface area contributed by atoms with Gasteiger partial charge in [0.2, 0.25) is 0 Å². The molecule has 3 heterocycles. The van der Waals surface area contributed by atoms with Crippen molar-refractivity contribution in [3.8, 4) is 10.6 Å². The van der Waals surface area contributed by atoms with Gasteiger partial charge < -0.3 is 15.3 Å². The predicted molar refractivity (Wildman–Crippen MR) is 148 cm³/mol. The Hall–Kier alpha value is -3.78. The molecule has 0 spiro atoms. The Balaban J connectivity index is 1.36. The molecule has 37 heavy (non-hydrogen) atoms. The minimum atomic E-state index is -0.698. The number of hydrogen-bond acceptors (Lipinski definition) is 7. The molecule has 0 atom stereocenters. The molecule has 0 saturated heterocycles. The number of pyridine rings is 2. The molecule has 0 radical (unpaired) electrons. The van der Waals surface area contributed by atoms with Crippen molar-refractivity contribution >= 4 is 34.1 Å². The molecule has 0 bridgehead atoms. The summed E-state index contributed by atoms with van der Waals surface area (Å²) in [5.41, 5.74) is 3.24. The number of nitrogens with one attached hydrogen (secondary N) is 1. The number of anilines is 3. The van der Waals surface area contributed by atoms with Crippen molar-refractivity contribution in [2.75, 3.05) is 10.2 Å². The van der Waals surface area contributed by atoms with Gasteiger partial charge in [0.25, 0.3) is 0 Å². The fourth-order valence-corrected chi connectivity index (χ4v) is 5.89. The summed E-state index contributed by atoms with van der Waals surface area (Å²) in [5, 5.41) is 13.5. The number of aromatic nitrogens is 3. The Morgan fingerprint density at radius 2 is 1.84 bits per heavy atom. The number of nitrogens with zero attached hydrogens (tertiary/aromatic N) is 4. The minimum absolute atomic E-state index is 0.265. The van der Waals surface area contributed by atoms with E-state index in [2.05, 4.69) is 39.5 Å². The van der Waals surface area contributed by atoms with E-state index >= 15 is 0 Å². The zero-order chi connectivity index (χ0) is 25.6. The van der Waals surface area contributed by atoms with Crippen LogP contribution >= 0.6 is 11.3 Å². The first-order valence-corrected chi connectivity index (χ1v) is 13.5. The number of aliphatic carboxylic acids is 1. The number of hydrogen-bond donors (Lipinski definition) is 2. The van der Waals surface area contributed by atoms with E-state index in [4.69, 9.17) is 9.97 Å². The number of carboxylic acids is 1. The van der Waals surface area contributed by atoms with Gasteiger partial charge in [-0.25, -0.2) is 15.0 Å². The summed E-state index contributed by atoms with van der Waals surface area (Å²) in [6.45, 7) is 2.81. The van der Waals surface area contributed by atoms with Gasteiger partial charge in [0, 0.05) is 31.4 Å². The first-order chi connectivity index (χ1) is 18.0. The van der Waals surface area contributed by atoms with E-state index in [9.17, 15) is 9.90 Å². The normalized spacial score (nSPS) is 17.3. The van der Waals surface area contributed by atoms with Crippen molar-refractivity contribution in [2.24, 2.45) is 5.92 Å².